The lowest BCUT2D eigenvalue weighted by Crippen LogP contribution is -2.33. The summed E-state index contributed by atoms with van der Waals surface area (Å²) in [5.41, 5.74) is 0. The van der Waals surface area contributed by atoms with Crippen molar-refractivity contribution in [3.8, 4) is 0 Å². The molecule has 0 aromatic rings. The molecule has 0 rings (SSSR count). The van der Waals surface area contributed by atoms with Crippen LogP contribution in [0.25, 0.3) is 0 Å². The van der Waals surface area contributed by atoms with Gasteiger partial charge in [0.25, 0.3) is 6.43 Å². The molecule has 0 aromatic carbocycles. The van der Waals surface area contributed by atoms with Crippen LogP contribution in [0.2, 0.25) is 0 Å². The summed E-state index contributed by atoms with van der Waals surface area (Å²) in [5, 5.41) is 0. The summed E-state index contributed by atoms with van der Waals surface area (Å²) in [6.07, 6.45) is -2.26. The number of hydrogen-bond acceptors (Lipinski definition) is 1. The van der Waals surface area contributed by atoms with Gasteiger partial charge in [0, 0.05) is 19.0 Å². The SMILES string of the molecule is CC(C)CN(CCCl)CC(F)F. The van der Waals surface area contributed by atoms with Crippen LogP contribution < -0.4 is 0 Å². The number of alkyl halides is 3. The third-order valence-electron chi connectivity index (χ3n) is 1.42. The van der Waals surface area contributed by atoms with E-state index in [4.69, 9.17) is 11.6 Å². The van der Waals surface area contributed by atoms with Crippen LogP contribution in [0, 0.1) is 5.92 Å². The number of nitrogens with zero attached hydrogens (tertiary/aromatic N) is 1. The average molecular weight is 200 g/mol. The lowest BCUT2D eigenvalue weighted by atomic mass is 10.2. The first kappa shape index (κ1) is 12.1. The Kier molecular flexibility index (Phi) is 6.67. The van der Waals surface area contributed by atoms with Crippen molar-refractivity contribution in [2.75, 3.05) is 25.5 Å². The zero-order valence-electron chi connectivity index (χ0n) is 7.56. The van der Waals surface area contributed by atoms with Crippen LogP contribution in [0.15, 0.2) is 0 Å². The second-order valence-corrected chi connectivity index (χ2v) is 3.61. The minimum absolute atomic E-state index is 0.162. The van der Waals surface area contributed by atoms with E-state index in [-0.39, 0.29) is 6.54 Å². The van der Waals surface area contributed by atoms with Gasteiger partial charge in [0.2, 0.25) is 0 Å². The molecule has 1 nitrogen and oxygen atoms in total. The molecular formula is C8H16ClF2N. The van der Waals surface area contributed by atoms with Gasteiger partial charge in [-0.3, -0.25) is 4.90 Å². The predicted octanol–water partition coefficient (Wildman–Crippen LogP) is 2.45. The quantitative estimate of drug-likeness (QED) is 0.594. The summed E-state index contributed by atoms with van der Waals surface area (Å²) in [6.45, 7) is 5.09. The van der Waals surface area contributed by atoms with Crippen molar-refractivity contribution in [3.63, 3.8) is 0 Å². The summed E-state index contributed by atoms with van der Waals surface area (Å²) in [7, 11) is 0. The van der Waals surface area contributed by atoms with E-state index < -0.39 is 6.43 Å². The molecule has 0 atom stereocenters. The van der Waals surface area contributed by atoms with Crippen molar-refractivity contribution in [1.29, 1.82) is 0 Å². The molecule has 0 fully saturated rings. The predicted molar refractivity (Wildman–Crippen MR) is 48.0 cm³/mol. The van der Waals surface area contributed by atoms with Crippen molar-refractivity contribution in [2.45, 2.75) is 20.3 Å². The number of halogens is 3. The van der Waals surface area contributed by atoms with Gasteiger partial charge in [0.05, 0.1) is 6.54 Å². The molecular weight excluding hydrogens is 184 g/mol. The summed E-state index contributed by atoms with van der Waals surface area (Å²) >= 11 is 5.48. The molecule has 0 bridgehead atoms. The molecule has 0 radical (unpaired) electrons. The van der Waals surface area contributed by atoms with Gasteiger partial charge in [0.15, 0.2) is 0 Å². The Morgan fingerprint density at radius 2 is 1.83 bits per heavy atom. The fourth-order valence-electron chi connectivity index (χ4n) is 1.09. The van der Waals surface area contributed by atoms with E-state index in [1.54, 1.807) is 4.90 Å². The lowest BCUT2D eigenvalue weighted by molar-refractivity contribution is 0.0857. The first-order valence-corrected chi connectivity index (χ1v) is 4.66. The molecule has 0 N–H and O–H groups in total. The Morgan fingerprint density at radius 3 is 2.17 bits per heavy atom. The van der Waals surface area contributed by atoms with Gasteiger partial charge in [-0.2, -0.15) is 0 Å². The molecule has 0 aliphatic heterocycles. The van der Waals surface area contributed by atoms with Crippen molar-refractivity contribution < 1.29 is 8.78 Å². The van der Waals surface area contributed by atoms with Crippen molar-refractivity contribution in [3.05, 3.63) is 0 Å². The molecule has 0 aliphatic carbocycles. The van der Waals surface area contributed by atoms with Crippen molar-refractivity contribution in [1.82, 2.24) is 4.90 Å². The highest BCUT2D eigenvalue weighted by Gasteiger charge is 2.12. The van der Waals surface area contributed by atoms with Gasteiger partial charge in [-0.15, -0.1) is 11.6 Å². The molecule has 0 saturated heterocycles. The van der Waals surface area contributed by atoms with E-state index in [1.807, 2.05) is 13.8 Å². The number of rotatable bonds is 6. The standard InChI is InChI=1S/C8H16ClF2N/c1-7(2)5-12(4-3-9)6-8(10)11/h7-8H,3-6H2,1-2H3. The normalized spacial score (nSPS) is 12.0. The molecule has 0 aromatic heterocycles. The Balaban J connectivity index is 3.69. The second kappa shape index (κ2) is 6.61. The van der Waals surface area contributed by atoms with Crippen molar-refractivity contribution in [2.24, 2.45) is 5.92 Å². The molecule has 74 valence electrons. The van der Waals surface area contributed by atoms with Gasteiger partial charge in [0.1, 0.15) is 0 Å². The summed E-state index contributed by atoms with van der Waals surface area (Å²) in [6, 6.07) is 0. The van der Waals surface area contributed by atoms with Gasteiger partial charge < -0.3 is 0 Å². The fourth-order valence-corrected chi connectivity index (χ4v) is 1.33. The van der Waals surface area contributed by atoms with Crippen LogP contribution in [-0.4, -0.2) is 36.8 Å². The van der Waals surface area contributed by atoms with Crippen LogP contribution in [0.3, 0.4) is 0 Å². The molecule has 0 unspecified atom stereocenters. The zero-order valence-corrected chi connectivity index (χ0v) is 8.32. The fraction of sp³-hybridized carbons (Fsp3) is 1.00. The van der Waals surface area contributed by atoms with E-state index in [9.17, 15) is 8.78 Å². The van der Waals surface area contributed by atoms with E-state index in [2.05, 4.69) is 0 Å². The van der Waals surface area contributed by atoms with Gasteiger partial charge in [-0.05, 0) is 5.92 Å². The first-order chi connectivity index (χ1) is 5.56. The minimum atomic E-state index is -2.26. The van der Waals surface area contributed by atoms with Crippen LogP contribution in [0.5, 0.6) is 0 Å². The Hall–Kier alpha value is 0.110. The van der Waals surface area contributed by atoms with Gasteiger partial charge in [-0.1, -0.05) is 13.8 Å². The minimum Gasteiger partial charge on any atom is -0.296 e. The monoisotopic (exact) mass is 199 g/mol. The van der Waals surface area contributed by atoms with Crippen LogP contribution in [0.4, 0.5) is 8.78 Å². The third-order valence-corrected chi connectivity index (χ3v) is 1.59. The van der Waals surface area contributed by atoms with Crippen LogP contribution in [-0.2, 0) is 0 Å². The average Bonchev–Trinajstić information content (AvgIpc) is 1.84. The Bertz CT molecular complexity index is 99.2. The Labute approximate surface area is 77.7 Å². The topological polar surface area (TPSA) is 3.24 Å². The highest BCUT2D eigenvalue weighted by molar-refractivity contribution is 6.18. The maximum Gasteiger partial charge on any atom is 0.251 e. The van der Waals surface area contributed by atoms with E-state index >= 15 is 0 Å². The maximum atomic E-state index is 12.0. The molecule has 0 heterocycles. The molecule has 0 saturated carbocycles. The molecule has 0 aliphatic rings. The summed E-state index contributed by atoms with van der Waals surface area (Å²) in [4.78, 5) is 1.70. The van der Waals surface area contributed by atoms with E-state index in [1.165, 1.54) is 0 Å². The summed E-state index contributed by atoms with van der Waals surface area (Å²) < 4.78 is 23.9. The highest BCUT2D eigenvalue weighted by atomic mass is 35.5. The summed E-state index contributed by atoms with van der Waals surface area (Å²) in [5.74, 6) is 0.825. The van der Waals surface area contributed by atoms with E-state index in [0.29, 0.717) is 24.9 Å². The third kappa shape index (κ3) is 6.80. The van der Waals surface area contributed by atoms with Gasteiger partial charge in [-0.25, -0.2) is 8.78 Å². The first-order valence-electron chi connectivity index (χ1n) is 4.12. The Morgan fingerprint density at radius 1 is 1.25 bits per heavy atom. The maximum absolute atomic E-state index is 12.0. The highest BCUT2D eigenvalue weighted by Crippen LogP contribution is 2.03. The second-order valence-electron chi connectivity index (χ2n) is 3.23. The van der Waals surface area contributed by atoms with Crippen LogP contribution >= 0.6 is 11.6 Å². The largest absolute Gasteiger partial charge is 0.296 e. The number of hydrogen-bond donors (Lipinski definition) is 0. The molecule has 12 heavy (non-hydrogen) atoms. The smallest absolute Gasteiger partial charge is 0.251 e. The lowest BCUT2D eigenvalue weighted by Gasteiger charge is -2.22. The zero-order chi connectivity index (χ0) is 9.56. The molecule has 0 spiro atoms. The van der Waals surface area contributed by atoms with E-state index in [0.717, 1.165) is 0 Å². The molecule has 0 amide bonds. The van der Waals surface area contributed by atoms with Crippen LogP contribution in [0.1, 0.15) is 13.8 Å². The van der Waals surface area contributed by atoms with Crippen molar-refractivity contribution >= 4 is 11.6 Å². The molecule has 4 heteroatoms. The van der Waals surface area contributed by atoms with Gasteiger partial charge >= 0.3 is 0 Å².